The van der Waals surface area contributed by atoms with Gasteiger partial charge < -0.3 is 10.5 Å². The molecule has 1 rings (SSSR count). The maximum Gasteiger partial charge on any atom is 0.326 e. The van der Waals surface area contributed by atoms with Gasteiger partial charge in [-0.2, -0.15) is 0 Å². The third-order valence-electron chi connectivity index (χ3n) is 1.96. The van der Waals surface area contributed by atoms with E-state index in [1.165, 1.54) is 12.1 Å². The molecule has 1 aromatic carbocycles. The quantitative estimate of drug-likeness (QED) is 0.808. The molecule has 0 aliphatic heterocycles. The number of ether oxygens (including phenoxy) is 1. The lowest BCUT2D eigenvalue weighted by Crippen LogP contribution is -2.35. The van der Waals surface area contributed by atoms with Gasteiger partial charge in [-0.25, -0.2) is 4.39 Å². The van der Waals surface area contributed by atoms with Crippen molar-refractivity contribution < 1.29 is 13.9 Å². The van der Waals surface area contributed by atoms with Gasteiger partial charge in [0.25, 0.3) is 0 Å². The van der Waals surface area contributed by atoms with E-state index in [9.17, 15) is 9.18 Å². The second kappa shape index (κ2) is 5.09. The van der Waals surface area contributed by atoms with Crippen molar-refractivity contribution in [1.82, 2.24) is 0 Å². The Balaban J connectivity index is 2.84. The minimum absolute atomic E-state index is 0.264. The number of carbonyl (C=O) groups excluding carboxylic acids is 1. The van der Waals surface area contributed by atoms with Crippen molar-refractivity contribution in [2.24, 2.45) is 5.73 Å². The number of alkyl halides is 1. The Morgan fingerprint density at radius 3 is 2.80 bits per heavy atom. The summed E-state index contributed by atoms with van der Waals surface area (Å²) in [6.07, 6.45) is -1.61. The van der Waals surface area contributed by atoms with E-state index in [1.807, 2.05) is 0 Å². The Kier molecular flexibility index (Phi) is 4.05. The highest BCUT2D eigenvalue weighted by molar-refractivity contribution is 6.30. The van der Waals surface area contributed by atoms with E-state index in [4.69, 9.17) is 17.3 Å². The van der Waals surface area contributed by atoms with Crippen LogP contribution in [0.15, 0.2) is 24.3 Å². The minimum atomic E-state index is -1.61. The smallest absolute Gasteiger partial charge is 0.326 e. The van der Waals surface area contributed by atoms with Crippen molar-refractivity contribution in [3.8, 4) is 0 Å². The van der Waals surface area contributed by atoms with Crippen molar-refractivity contribution in [3.63, 3.8) is 0 Å². The van der Waals surface area contributed by atoms with Gasteiger partial charge in [0.15, 0.2) is 6.17 Å². The molecule has 0 heterocycles. The summed E-state index contributed by atoms with van der Waals surface area (Å²) in [5.41, 5.74) is 5.62. The van der Waals surface area contributed by atoms with E-state index in [0.29, 0.717) is 5.02 Å². The Morgan fingerprint density at radius 1 is 1.60 bits per heavy atom. The lowest BCUT2D eigenvalue weighted by Gasteiger charge is -2.14. The van der Waals surface area contributed by atoms with Gasteiger partial charge in [-0.15, -0.1) is 0 Å². The first-order valence-electron chi connectivity index (χ1n) is 4.29. The lowest BCUT2D eigenvalue weighted by atomic mass is 10.0. The Morgan fingerprint density at radius 2 is 2.27 bits per heavy atom. The Labute approximate surface area is 92.0 Å². The summed E-state index contributed by atoms with van der Waals surface area (Å²) in [7, 11) is 1.16. The highest BCUT2D eigenvalue weighted by Gasteiger charge is 2.26. The van der Waals surface area contributed by atoms with Gasteiger partial charge in [-0.3, -0.25) is 4.79 Å². The zero-order chi connectivity index (χ0) is 11.4. The molecule has 1 aromatic rings. The average Bonchev–Trinajstić information content (AvgIpc) is 2.26. The summed E-state index contributed by atoms with van der Waals surface area (Å²) in [5, 5.41) is 0.396. The van der Waals surface area contributed by atoms with Crippen LogP contribution in [0.5, 0.6) is 0 Å². The fraction of sp³-hybridized carbons (Fsp3) is 0.300. The number of benzene rings is 1. The van der Waals surface area contributed by atoms with Crippen LogP contribution in [0, 0.1) is 0 Å². The molecule has 15 heavy (non-hydrogen) atoms. The average molecular weight is 232 g/mol. The van der Waals surface area contributed by atoms with Crippen LogP contribution in [-0.4, -0.2) is 19.1 Å². The van der Waals surface area contributed by atoms with Gasteiger partial charge in [-0.05, 0) is 17.7 Å². The van der Waals surface area contributed by atoms with Gasteiger partial charge in [-0.1, -0.05) is 23.7 Å². The first-order chi connectivity index (χ1) is 7.06. The molecule has 0 fully saturated rings. The first kappa shape index (κ1) is 11.9. The third kappa shape index (κ3) is 2.91. The molecular formula is C10H11ClFNO2. The van der Waals surface area contributed by atoms with Gasteiger partial charge in [0.2, 0.25) is 0 Å². The van der Waals surface area contributed by atoms with E-state index >= 15 is 0 Å². The fourth-order valence-corrected chi connectivity index (χ4v) is 1.34. The van der Waals surface area contributed by atoms with Crippen molar-refractivity contribution in [2.75, 3.05) is 7.11 Å². The van der Waals surface area contributed by atoms with Gasteiger partial charge in [0.05, 0.1) is 7.11 Å². The molecule has 82 valence electrons. The van der Waals surface area contributed by atoms with Crippen LogP contribution in [0.1, 0.15) is 11.7 Å². The molecular weight excluding hydrogens is 221 g/mol. The van der Waals surface area contributed by atoms with E-state index in [0.717, 1.165) is 7.11 Å². The summed E-state index contributed by atoms with van der Waals surface area (Å²) in [6, 6.07) is 4.82. The van der Waals surface area contributed by atoms with Crippen molar-refractivity contribution in [3.05, 3.63) is 34.9 Å². The molecule has 0 saturated carbocycles. The minimum Gasteiger partial charge on any atom is -0.468 e. The van der Waals surface area contributed by atoms with Crippen LogP contribution in [0.4, 0.5) is 4.39 Å². The zero-order valence-electron chi connectivity index (χ0n) is 8.11. The van der Waals surface area contributed by atoms with E-state index in [1.54, 1.807) is 12.1 Å². The molecule has 0 amide bonds. The molecule has 0 aromatic heterocycles. The zero-order valence-corrected chi connectivity index (χ0v) is 8.87. The fourth-order valence-electron chi connectivity index (χ4n) is 1.14. The molecule has 2 unspecified atom stereocenters. The van der Waals surface area contributed by atoms with Gasteiger partial charge >= 0.3 is 5.97 Å². The van der Waals surface area contributed by atoms with E-state index in [2.05, 4.69) is 4.74 Å². The summed E-state index contributed by atoms with van der Waals surface area (Å²) >= 11 is 5.68. The summed E-state index contributed by atoms with van der Waals surface area (Å²) in [6.45, 7) is 0. The number of rotatable bonds is 3. The summed E-state index contributed by atoms with van der Waals surface area (Å²) in [5.74, 6) is -0.789. The van der Waals surface area contributed by atoms with E-state index in [-0.39, 0.29) is 5.56 Å². The SMILES string of the molecule is COC(=O)C(N)C(F)c1cccc(Cl)c1. The largest absolute Gasteiger partial charge is 0.468 e. The standard InChI is InChI=1S/C10H11ClFNO2/c1-15-10(14)9(13)8(12)6-3-2-4-7(11)5-6/h2-5,8-9H,13H2,1H3. The number of carbonyl (C=O) groups is 1. The number of hydrogen-bond acceptors (Lipinski definition) is 3. The molecule has 0 spiro atoms. The van der Waals surface area contributed by atoms with E-state index < -0.39 is 18.2 Å². The monoisotopic (exact) mass is 231 g/mol. The predicted molar refractivity (Wildman–Crippen MR) is 55.3 cm³/mol. The Bertz CT molecular complexity index is 359. The summed E-state index contributed by atoms with van der Waals surface area (Å²) < 4.78 is 18.0. The Hall–Kier alpha value is -1.13. The first-order valence-corrected chi connectivity index (χ1v) is 4.67. The number of halogens is 2. The highest BCUT2D eigenvalue weighted by Crippen LogP contribution is 2.23. The van der Waals surface area contributed by atoms with Crippen molar-refractivity contribution >= 4 is 17.6 Å². The maximum absolute atomic E-state index is 13.7. The van der Waals surface area contributed by atoms with Crippen LogP contribution < -0.4 is 5.73 Å². The molecule has 0 bridgehead atoms. The number of esters is 1. The molecule has 0 saturated heterocycles. The summed E-state index contributed by atoms with van der Waals surface area (Å²) in [4.78, 5) is 11.0. The number of nitrogens with two attached hydrogens (primary N) is 1. The van der Waals surface area contributed by atoms with Crippen molar-refractivity contribution in [1.29, 1.82) is 0 Å². The molecule has 0 aliphatic carbocycles. The third-order valence-corrected chi connectivity index (χ3v) is 2.19. The second-order valence-electron chi connectivity index (χ2n) is 3.01. The molecule has 0 radical (unpaired) electrons. The van der Waals surface area contributed by atoms with Crippen LogP contribution in [-0.2, 0) is 9.53 Å². The second-order valence-corrected chi connectivity index (χ2v) is 3.44. The molecule has 5 heteroatoms. The van der Waals surface area contributed by atoms with Gasteiger partial charge in [0.1, 0.15) is 6.04 Å². The molecule has 3 nitrogen and oxygen atoms in total. The molecule has 0 aliphatic rings. The van der Waals surface area contributed by atoms with Crippen LogP contribution in [0.2, 0.25) is 5.02 Å². The number of methoxy groups -OCH3 is 1. The van der Waals surface area contributed by atoms with Crippen LogP contribution >= 0.6 is 11.6 Å². The topological polar surface area (TPSA) is 52.3 Å². The number of hydrogen-bond donors (Lipinski definition) is 1. The lowest BCUT2D eigenvalue weighted by molar-refractivity contribution is -0.143. The maximum atomic E-state index is 13.7. The molecule has 2 N–H and O–H groups in total. The predicted octanol–water partition coefficient (Wildman–Crippen LogP) is 1.85. The molecule has 2 atom stereocenters. The normalized spacial score (nSPS) is 14.4. The van der Waals surface area contributed by atoms with Crippen molar-refractivity contribution in [2.45, 2.75) is 12.2 Å². The highest BCUT2D eigenvalue weighted by atomic mass is 35.5. The van der Waals surface area contributed by atoms with Crippen LogP contribution in [0.25, 0.3) is 0 Å². The van der Waals surface area contributed by atoms with Crippen LogP contribution in [0.3, 0.4) is 0 Å². The van der Waals surface area contributed by atoms with Gasteiger partial charge in [0, 0.05) is 5.02 Å².